The number of aromatic nitrogens is 3. The second-order valence-corrected chi connectivity index (χ2v) is 8.83. The first-order valence-electron chi connectivity index (χ1n) is 11.4. The molecule has 158 valence electrons. The first-order chi connectivity index (χ1) is 14.1. The van der Waals surface area contributed by atoms with Gasteiger partial charge in [-0.2, -0.15) is 5.10 Å². The van der Waals surface area contributed by atoms with Crippen LogP contribution >= 0.6 is 0 Å². The zero-order chi connectivity index (χ0) is 20.4. The summed E-state index contributed by atoms with van der Waals surface area (Å²) >= 11 is 0. The molecule has 2 aromatic rings. The van der Waals surface area contributed by atoms with Crippen LogP contribution in [0.2, 0.25) is 0 Å². The summed E-state index contributed by atoms with van der Waals surface area (Å²) in [6.07, 6.45) is 7.24. The van der Waals surface area contributed by atoms with E-state index >= 15 is 0 Å². The minimum atomic E-state index is 0.284. The van der Waals surface area contributed by atoms with Gasteiger partial charge in [0.15, 0.2) is 5.65 Å². The summed E-state index contributed by atoms with van der Waals surface area (Å²) in [5, 5.41) is 4.94. The summed E-state index contributed by atoms with van der Waals surface area (Å²) in [4.78, 5) is 22.0. The van der Waals surface area contributed by atoms with E-state index in [9.17, 15) is 4.79 Å². The van der Waals surface area contributed by atoms with Gasteiger partial charge in [0.25, 0.3) is 0 Å². The van der Waals surface area contributed by atoms with Crippen LogP contribution in [0, 0.1) is 13.8 Å². The number of hydrogen-bond donors (Lipinski definition) is 0. The quantitative estimate of drug-likeness (QED) is 0.749. The SMILES string of the molecule is CCCN1CCC(c2cc3nc(C)c(CCC(=O)N4CCCCC4)c(C)n3n2)C1. The number of fused-ring (bicyclic) bond motifs is 1. The molecular weight excluding hydrogens is 362 g/mol. The van der Waals surface area contributed by atoms with Crippen molar-refractivity contribution in [2.24, 2.45) is 0 Å². The third-order valence-corrected chi connectivity index (χ3v) is 6.71. The molecule has 4 heterocycles. The second-order valence-electron chi connectivity index (χ2n) is 8.83. The maximum Gasteiger partial charge on any atom is 0.222 e. The van der Waals surface area contributed by atoms with Gasteiger partial charge in [-0.3, -0.25) is 4.79 Å². The third-order valence-electron chi connectivity index (χ3n) is 6.71. The predicted molar refractivity (Wildman–Crippen MR) is 115 cm³/mol. The molecule has 0 aliphatic carbocycles. The van der Waals surface area contributed by atoms with Crippen LogP contribution in [-0.2, 0) is 11.2 Å². The summed E-state index contributed by atoms with van der Waals surface area (Å²) in [5.74, 6) is 0.791. The summed E-state index contributed by atoms with van der Waals surface area (Å²) in [6.45, 7) is 11.7. The summed E-state index contributed by atoms with van der Waals surface area (Å²) < 4.78 is 2.01. The van der Waals surface area contributed by atoms with E-state index in [0.717, 1.165) is 55.9 Å². The van der Waals surface area contributed by atoms with Crippen molar-refractivity contribution in [2.45, 2.75) is 71.6 Å². The van der Waals surface area contributed by atoms with Crippen LogP contribution in [0.4, 0.5) is 0 Å². The monoisotopic (exact) mass is 397 g/mol. The number of likely N-dealkylation sites (tertiary alicyclic amines) is 2. The van der Waals surface area contributed by atoms with Gasteiger partial charge >= 0.3 is 0 Å². The van der Waals surface area contributed by atoms with Gasteiger partial charge in [0, 0.05) is 49.4 Å². The van der Waals surface area contributed by atoms with E-state index in [-0.39, 0.29) is 5.91 Å². The number of aryl methyl sites for hydroxylation is 2. The molecule has 0 aromatic carbocycles. The van der Waals surface area contributed by atoms with Crippen LogP contribution in [0.25, 0.3) is 5.65 Å². The standard InChI is InChI=1S/C23H35N5O/c1-4-11-26-14-10-19(16-26)21-15-22-24-17(2)20(18(3)28(22)25-21)8-9-23(29)27-12-6-5-7-13-27/h15,19H,4-14,16H2,1-3H3. The van der Waals surface area contributed by atoms with Crippen LogP contribution < -0.4 is 0 Å². The largest absolute Gasteiger partial charge is 0.343 e. The van der Waals surface area contributed by atoms with Crippen molar-refractivity contribution in [1.29, 1.82) is 0 Å². The Morgan fingerprint density at radius 2 is 1.97 bits per heavy atom. The summed E-state index contributed by atoms with van der Waals surface area (Å²) in [6, 6.07) is 2.17. The van der Waals surface area contributed by atoms with Gasteiger partial charge < -0.3 is 9.80 Å². The molecule has 2 saturated heterocycles. The zero-order valence-electron chi connectivity index (χ0n) is 18.3. The first kappa shape index (κ1) is 20.3. The molecule has 6 nitrogen and oxygen atoms in total. The maximum absolute atomic E-state index is 12.6. The first-order valence-corrected chi connectivity index (χ1v) is 11.4. The summed E-state index contributed by atoms with van der Waals surface area (Å²) in [5.41, 5.74) is 5.45. The molecule has 2 aliphatic heterocycles. The third kappa shape index (κ3) is 4.32. The van der Waals surface area contributed by atoms with Crippen LogP contribution in [0.1, 0.15) is 74.0 Å². The second kappa shape index (κ2) is 8.82. The Bertz CT molecular complexity index is 868. The van der Waals surface area contributed by atoms with Gasteiger partial charge in [0.1, 0.15) is 0 Å². The van der Waals surface area contributed by atoms with E-state index in [1.54, 1.807) is 0 Å². The van der Waals surface area contributed by atoms with Gasteiger partial charge in [-0.05, 0) is 71.0 Å². The minimum Gasteiger partial charge on any atom is -0.343 e. The number of amides is 1. The van der Waals surface area contributed by atoms with Crippen LogP contribution in [-0.4, -0.2) is 63.0 Å². The molecule has 29 heavy (non-hydrogen) atoms. The van der Waals surface area contributed by atoms with Crippen molar-refractivity contribution in [3.05, 3.63) is 28.7 Å². The number of hydrogen-bond acceptors (Lipinski definition) is 4. The van der Waals surface area contributed by atoms with Crippen molar-refractivity contribution in [3.8, 4) is 0 Å². The highest BCUT2D eigenvalue weighted by molar-refractivity contribution is 5.76. The molecule has 2 fully saturated rings. The van der Waals surface area contributed by atoms with Crippen molar-refractivity contribution in [3.63, 3.8) is 0 Å². The average Bonchev–Trinajstić information content (AvgIpc) is 3.35. The number of nitrogens with zero attached hydrogens (tertiary/aromatic N) is 5. The molecule has 0 radical (unpaired) electrons. The van der Waals surface area contributed by atoms with E-state index in [1.165, 1.54) is 43.6 Å². The lowest BCUT2D eigenvalue weighted by Crippen LogP contribution is -2.35. The van der Waals surface area contributed by atoms with Crippen LogP contribution in [0.15, 0.2) is 6.07 Å². The van der Waals surface area contributed by atoms with Crippen molar-refractivity contribution < 1.29 is 4.79 Å². The number of carbonyl (C=O) groups is 1. The highest BCUT2D eigenvalue weighted by Gasteiger charge is 2.26. The molecular formula is C23H35N5O. The molecule has 4 rings (SSSR count). The van der Waals surface area contributed by atoms with Crippen molar-refractivity contribution in [2.75, 3.05) is 32.7 Å². The van der Waals surface area contributed by atoms with Crippen LogP contribution in [0.5, 0.6) is 0 Å². The Morgan fingerprint density at radius 1 is 1.17 bits per heavy atom. The Labute approximate surface area is 174 Å². The smallest absolute Gasteiger partial charge is 0.222 e. The topological polar surface area (TPSA) is 53.7 Å². The number of carbonyl (C=O) groups excluding carboxylic acids is 1. The van der Waals surface area contributed by atoms with E-state index in [4.69, 9.17) is 10.1 Å². The molecule has 0 bridgehead atoms. The lowest BCUT2D eigenvalue weighted by molar-refractivity contribution is -0.132. The molecule has 0 spiro atoms. The molecule has 1 amide bonds. The predicted octanol–water partition coefficient (Wildman–Crippen LogP) is 3.49. The Morgan fingerprint density at radius 3 is 2.72 bits per heavy atom. The Kier molecular flexibility index (Phi) is 6.18. The van der Waals surface area contributed by atoms with Crippen molar-refractivity contribution >= 4 is 11.6 Å². The van der Waals surface area contributed by atoms with Gasteiger partial charge in [0.05, 0.1) is 5.69 Å². The molecule has 1 atom stereocenters. The fourth-order valence-electron chi connectivity index (χ4n) is 5.03. The lowest BCUT2D eigenvalue weighted by atomic mass is 10.0. The van der Waals surface area contributed by atoms with Gasteiger partial charge in [-0.25, -0.2) is 9.50 Å². The van der Waals surface area contributed by atoms with Crippen molar-refractivity contribution in [1.82, 2.24) is 24.4 Å². The van der Waals surface area contributed by atoms with Crippen LogP contribution in [0.3, 0.4) is 0 Å². The minimum absolute atomic E-state index is 0.284. The summed E-state index contributed by atoms with van der Waals surface area (Å²) in [7, 11) is 0. The van der Waals surface area contributed by atoms with E-state index in [1.807, 2.05) is 9.42 Å². The zero-order valence-corrected chi connectivity index (χ0v) is 18.3. The molecule has 2 aromatic heterocycles. The molecule has 6 heteroatoms. The average molecular weight is 398 g/mol. The normalized spacial score (nSPS) is 20.7. The maximum atomic E-state index is 12.6. The molecule has 2 aliphatic rings. The van der Waals surface area contributed by atoms with Gasteiger partial charge in [0.2, 0.25) is 5.91 Å². The van der Waals surface area contributed by atoms with E-state index < -0.39 is 0 Å². The fraction of sp³-hybridized carbons (Fsp3) is 0.696. The number of piperidine rings is 1. The van der Waals surface area contributed by atoms with E-state index in [0.29, 0.717) is 12.3 Å². The van der Waals surface area contributed by atoms with Gasteiger partial charge in [-0.15, -0.1) is 0 Å². The van der Waals surface area contributed by atoms with E-state index in [2.05, 4.69) is 31.7 Å². The van der Waals surface area contributed by atoms with Gasteiger partial charge in [-0.1, -0.05) is 6.92 Å². The Hall–Kier alpha value is -1.95. The lowest BCUT2D eigenvalue weighted by Gasteiger charge is -2.26. The molecule has 0 saturated carbocycles. The Balaban J connectivity index is 1.49. The highest BCUT2D eigenvalue weighted by Crippen LogP contribution is 2.28. The molecule has 1 unspecified atom stereocenters. The fourth-order valence-corrected chi connectivity index (χ4v) is 5.03. The highest BCUT2D eigenvalue weighted by atomic mass is 16.2. The number of rotatable bonds is 6. The molecule has 0 N–H and O–H groups in total.